The summed E-state index contributed by atoms with van der Waals surface area (Å²) in [5.41, 5.74) is 12.7. The minimum Gasteiger partial charge on any atom is -0.307 e. The summed E-state index contributed by atoms with van der Waals surface area (Å²) in [5.74, 6) is 0. The molecule has 0 unspecified atom stereocenters. The maximum Gasteiger partial charge on any atom is 0.0795 e. The van der Waals surface area contributed by atoms with Crippen LogP contribution in [-0.2, 0) is 0 Å². The van der Waals surface area contributed by atoms with Crippen molar-refractivity contribution in [3.63, 3.8) is 0 Å². The molecule has 0 amide bonds. The van der Waals surface area contributed by atoms with Gasteiger partial charge in [-0.1, -0.05) is 109 Å². The summed E-state index contributed by atoms with van der Waals surface area (Å²) in [5, 5.41) is 7.85. The number of rotatable bonds is 2. The van der Waals surface area contributed by atoms with Crippen molar-refractivity contribution in [2.45, 2.75) is 0 Å². The number of hydrogen-bond acceptors (Lipinski definition) is 0. The van der Waals surface area contributed by atoms with E-state index < -0.39 is 0 Å². The summed E-state index contributed by atoms with van der Waals surface area (Å²) in [4.78, 5) is 0. The van der Waals surface area contributed by atoms with Crippen LogP contribution in [0.3, 0.4) is 0 Å². The zero-order valence-corrected chi connectivity index (χ0v) is 22.8. The molecule has 7 aromatic carbocycles. The molecule has 2 nitrogen and oxygen atoms in total. The number of hydrogen-bond donors (Lipinski definition) is 0. The first-order chi connectivity index (χ1) is 20.9. The van der Waals surface area contributed by atoms with Crippen molar-refractivity contribution in [1.82, 2.24) is 9.13 Å². The monoisotopic (exact) mass is 532 g/mol. The predicted molar refractivity (Wildman–Crippen MR) is 177 cm³/mol. The molecule has 0 fully saturated rings. The molecule has 1 aliphatic carbocycles. The third-order valence-electron chi connectivity index (χ3n) is 9.20. The lowest BCUT2D eigenvalue weighted by Gasteiger charge is -2.15. The fourth-order valence-corrected chi connectivity index (χ4v) is 7.67. The Hall–Kier alpha value is -5.60. The molecule has 42 heavy (non-hydrogen) atoms. The van der Waals surface area contributed by atoms with Crippen LogP contribution in [0, 0.1) is 0 Å². The number of para-hydroxylation sites is 4. The van der Waals surface area contributed by atoms with Gasteiger partial charge in [0.1, 0.15) is 0 Å². The van der Waals surface area contributed by atoms with Gasteiger partial charge in [-0.3, -0.25) is 0 Å². The molecule has 0 spiro atoms. The first-order valence-corrected chi connectivity index (χ1v) is 14.6. The van der Waals surface area contributed by atoms with Crippen molar-refractivity contribution in [2.75, 3.05) is 0 Å². The van der Waals surface area contributed by atoms with Gasteiger partial charge in [0.05, 0.1) is 22.1 Å². The molecule has 2 heteroatoms. The van der Waals surface area contributed by atoms with E-state index in [-0.39, 0.29) is 0 Å². The average molecular weight is 533 g/mol. The molecule has 10 rings (SSSR count). The second kappa shape index (κ2) is 7.99. The highest BCUT2D eigenvalue weighted by Gasteiger charge is 2.32. The molecular formula is C40H24N2. The van der Waals surface area contributed by atoms with Gasteiger partial charge in [-0.05, 0) is 58.3 Å². The second-order valence-corrected chi connectivity index (χ2v) is 11.3. The van der Waals surface area contributed by atoms with Gasteiger partial charge in [-0.2, -0.15) is 0 Å². The Morgan fingerprint density at radius 2 is 0.762 bits per heavy atom. The van der Waals surface area contributed by atoms with E-state index in [0.717, 1.165) is 0 Å². The lowest BCUT2D eigenvalue weighted by molar-refractivity contribution is 1.15. The average Bonchev–Trinajstić information content (AvgIpc) is 3.69. The van der Waals surface area contributed by atoms with Gasteiger partial charge < -0.3 is 9.13 Å². The summed E-state index contributed by atoms with van der Waals surface area (Å²) >= 11 is 0. The third kappa shape index (κ3) is 2.65. The molecular weight excluding hydrogens is 508 g/mol. The minimum atomic E-state index is 1.17. The fraction of sp³-hybridized carbons (Fsp3) is 0. The highest BCUT2D eigenvalue weighted by atomic mass is 15.0. The normalized spacial score (nSPS) is 12.3. The Labute approximate surface area is 242 Å². The second-order valence-electron chi connectivity index (χ2n) is 11.3. The summed E-state index contributed by atoms with van der Waals surface area (Å²) in [6.07, 6.45) is 0. The van der Waals surface area contributed by atoms with Crippen molar-refractivity contribution in [3.8, 4) is 33.6 Å². The van der Waals surface area contributed by atoms with E-state index in [1.54, 1.807) is 0 Å². The summed E-state index contributed by atoms with van der Waals surface area (Å²) in [7, 11) is 0. The zero-order chi connectivity index (χ0) is 27.4. The van der Waals surface area contributed by atoms with Crippen molar-refractivity contribution in [2.24, 2.45) is 0 Å². The topological polar surface area (TPSA) is 9.86 Å². The lowest BCUT2D eigenvalue weighted by atomic mass is 9.93. The molecule has 2 heterocycles. The van der Waals surface area contributed by atoms with Gasteiger partial charge in [0.15, 0.2) is 0 Å². The van der Waals surface area contributed by atoms with Crippen LogP contribution in [0.5, 0.6) is 0 Å². The van der Waals surface area contributed by atoms with Crippen LogP contribution in [0.25, 0.3) is 88.0 Å². The van der Waals surface area contributed by atoms with Gasteiger partial charge in [0, 0.05) is 44.0 Å². The van der Waals surface area contributed by atoms with Gasteiger partial charge in [0.2, 0.25) is 0 Å². The van der Waals surface area contributed by atoms with E-state index in [1.807, 2.05) is 0 Å². The molecule has 1 aliphatic rings. The number of fused-ring (bicyclic) bond motifs is 12. The van der Waals surface area contributed by atoms with E-state index in [9.17, 15) is 0 Å². The van der Waals surface area contributed by atoms with Gasteiger partial charge >= 0.3 is 0 Å². The predicted octanol–water partition coefficient (Wildman–Crippen LogP) is 10.7. The molecule has 0 bridgehead atoms. The third-order valence-corrected chi connectivity index (χ3v) is 9.20. The molecule has 194 valence electrons. The Balaban J connectivity index is 1.60. The van der Waals surface area contributed by atoms with Crippen molar-refractivity contribution >= 4 is 54.4 Å². The Kier molecular flexibility index (Phi) is 4.21. The van der Waals surface area contributed by atoms with E-state index in [4.69, 9.17) is 0 Å². The maximum absolute atomic E-state index is 2.49. The largest absolute Gasteiger partial charge is 0.307 e. The van der Waals surface area contributed by atoms with Gasteiger partial charge in [-0.15, -0.1) is 0 Å². The molecule has 2 aromatic heterocycles. The first-order valence-electron chi connectivity index (χ1n) is 14.6. The van der Waals surface area contributed by atoms with Crippen LogP contribution in [0.15, 0.2) is 146 Å². The quantitative estimate of drug-likeness (QED) is 0.210. The van der Waals surface area contributed by atoms with Crippen LogP contribution in [0.1, 0.15) is 0 Å². The Morgan fingerprint density at radius 3 is 1.24 bits per heavy atom. The minimum absolute atomic E-state index is 1.17. The smallest absolute Gasteiger partial charge is 0.0795 e. The van der Waals surface area contributed by atoms with Crippen LogP contribution < -0.4 is 0 Å². The van der Waals surface area contributed by atoms with Crippen LogP contribution in [0.2, 0.25) is 0 Å². The summed E-state index contributed by atoms with van der Waals surface area (Å²) in [6.45, 7) is 0. The number of benzene rings is 7. The Morgan fingerprint density at radius 1 is 0.333 bits per heavy atom. The highest BCUT2D eigenvalue weighted by molar-refractivity contribution is 6.38. The fourth-order valence-electron chi connectivity index (χ4n) is 7.67. The standard InChI is InChI=1S/C40H24N2/c1-3-15-26(16-4-1)41-32-23-9-7-19-28(32)37-35-30-21-11-13-25-14-12-22-31(34(25)30)36(35)38-29-20-8-10-24-33(29)42(40(38)39(37)41)27-17-5-2-6-18-27/h1-24H. The Bertz CT molecular complexity index is 2370. The van der Waals surface area contributed by atoms with Crippen molar-refractivity contribution in [3.05, 3.63) is 146 Å². The molecule has 0 saturated carbocycles. The molecule has 0 atom stereocenters. The molecule has 9 aromatic rings. The van der Waals surface area contributed by atoms with Crippen LogP contribution >= 0.6 is 0 Å². The van der Waals surface area contributed by atoms with E-state index >= 15 is 0 Å². The molecule has 0 aliphatic heterocycles. The molecule has 0 N–H and O–H groups in total. The maximum atomic E-state index is 2.49. The highest BCUT2D eigenvalue weighted by Crippen LogP contribution is 2.57. The van der Waals surface area contributed by atoms with Crippen LogP contribution in [0.4, 0.5) is 0 Å². The van der Waals surface area contributed by atoms with Gasteiger partial charge in [0.25, 0.3) is 0 Å². The zero-order valence-electron chi connectivity index (χ0n) is 22.8. The summed E-state index contributed by atoms with van der Waals surface area (Å²) in [6, 6.07) is 53.2. The lowest BCUT2D eigenvalue weighted by Crippen LogP contribution is -1.99. The first kappa shape index (κ1) is 22.1. The molecule has 0 saturated heterocycles. The van der Waals surface area contributed by atoms with Crippen LogP contribution in [-0.4, -0.2) is 9.13 Å². The number of nitrogens with zero attached hydrogens (tertiary/aromatic N) is 2. The number of aromatic nitrogens is 2. The SMILES string of the molecule is c1ccc(-n2c3ccccc3c3c4c(c5c6ccccc6n(-c6ccccc6)c5c32)-c2cccc3cccc-4c23)cc1. The van der Waals surface area contributed by atoms with Crippen molar-refractivity contribution < 1.29 is 0 Å². The van der Waals surface area contributed by atoms with Crippen molar-refractivity contribution in [1.29, 1.82) is 0 Å². The van der Waals surface area contributed by atoms with E-state index in [1.165, 1.54) is 88.0 Å². The van der Waals surface area contributed by atoms with E-state index in [0.29, 0.717) is 0 Å². The molecule has 0 radical (unpaired) electrons. The summed E-state index contributed by atoms with van der Waals surface area (Å²) < 4.78 is 4.99. The van der Waals surface area contributed by atoms with E-state index in [2.05, 4.69) is 155 Å². The van der Waals surface area contributed by atoms with Gasteiger partial charge in [-0.25, -0.2) is 0 Å².